The molecule has 0 bridgehead atoms. The standard InChI is InChI=1S/C17H24N6O4/c1-2-12(9-25)20-17-22-15(18-5-6-24)21-16(23-17)19-8-11-3-4-13-14(7-11)27-10-26-13/h3-4,7,12,24-25H,2,5-6,8-10H2,1H3,(H3,18,19,20,21,22,23)/t12-/m1/s1. The number of nitrogens with one attached hydrogen (secondary N) is 3. The van der Waals surface area contributed by atoms with Gasteiger partial charge in [-0.15, -0.1) is 0 Å². The van der Waals surface area contributed by atoms with Crippen LogP contribution < -0.4 is 25.4 Å². The van der Waals surface area contributed by atoms with Crippen LogP contribution in [0.5, 0.6) is 11.5 Å². The van der Waals surface area contributed by atoms with Gasteiger partial charge in [0.05, 0.1) is 19.3 Å². The van der Waals surface area contributed by atoms with Crippen LogP contribution in [-0.2, 0) is 6.54 Å². The number of rotatable bonds is 10. The number of aliphatic hydroxyl groups is 2. The Morgan fingerprint density at radius 3 is 2.52 bits per heavy atom. The molecular formula is C17H24N6O4. The summed E-state index contributed by atoms with van der Waals surface area (Å²) in [6.07, 6.45) is 0.724. The number of nitrogens with zero attached hydrogens (tertiary/aromatic N) is 3. The van der Waals surface area contributed by atoms with Crippen LogP contribution in [0.4, 0.5) is 17.8 Å². The van der Waals surface area contributed by atoms with Crippen molar-refractivity contribution in [3.05, 3.63) is 23.8 Å². The number of hydrogen-bond donors (Lipinski definition) is 5. The fraction of sp³-hybridized carbons (Fsp3) is 0.471. The zero-order valence-corrected chi connectivity index (χ0v) is 15.1. The van der Waals surface area contributed by atoms with Crippen LogP contribution in [0.2, 0.25) is 0 Å². The maximum atomic E-state index is 9.38. The number of hydrogen-bond acceptors (Lipinski definition) is 10. The monoisotopic (exact) mass is 376 g/mol. The molecule has 1 aromatic carbocycles. The highest BCUT2D eigenvalue weighted by molar-refractivity contribution is 5.46. The quantitative estimate of drug-likeness (QED) is 0.405. The first kappa shape index (κ1) is 18.9. The van der Waals surface area contributed by atoms with Gasteiger partial charge >= 0.3 is 0 Å². The summed E-state index contributed by atoms with van der Waals surface area (Å²) in [5.74, 6) is 2.50. The SMILES string of the molecule is CC[C@H](CO)Nc1nc(NCCO)nc(NCc2ccc3c(c2)OCO3)n1. The van der Waals surface area contributed by atoms with Gasteiger partial charge < -0.3 is 35.6 Å². The molecule has 0 radical (unpaired) electrons. The number of aliphatic hydroxyl groups excluding tert-OH is 2. The summed E-state index contributed by atoms with van der Waals surface area (Å²) in [4.78, 5) is 12.9. The van der Waals surface area contributed by atoms with Crippen LogP contribution in [0.3, 0.4) is 0 Å². The molecule has 0 aliphatic carbocycles. The van der Waals surface area contributed by atoms with Crippen LogP contribution in [-0.4, -0.2) is 57.8 Å². The van der Waals surface area contributed by atoms with Gasteiger partial charge in [-0.2, -0.15) is 15.0 Å². The molecule has 0 amide bonds. The molecule has 0 spiro atoms. The lowest BCUT2D eigenvalue weighted by Crippen LogP contribution is -2.25. The van der Waals surface area contributed by atoms with E-state index in [2.05, 4.69) is 30.9 Å². The second-order valence-electron chi connectivity index (χ2n) is 5.93. The summed E-state index contributed by atoms with van der Waals surface area (Å²) in [5, 5.41) is 27.5. The molecule has 1 aliphatic heterocycles. The van der Waals surface area contributed by atoms with Crippen LogP contribution in [0, 0.1) is 0 Å². The van der Waals surface area contributed by atoms with Crippen molar-refractivity contribution in [3.63, 3.8) is 0 Å². The first-order chi connectivity index (χ1) is 13.2. The Morgan fingerprint density at radius 1 is 1.04 bits per heavy atom. The van der Waals surface area contributed by atoms with Gasteiger partial charge in [0.1, 0.15) is 0 Å². The zero-order chi connectivity index (χ0) is 19.1. The summed E-state index contributed by atoms with van der Waals surface area (Å²) >= 11 is 0. The molecule has 5 N–H and O–H groups in total. The molecule has 10 nitrogen and oxygen atoms in total. The number of aromatic nitrogens is 3. The molecule has 2 heterocycles. The molecule has 1 aliphatic rings. The molecule has 27 heavy (non-hydrogen) atoms. The summed E-state index contributed by atoms with van der Waals surface area (Å²) in [7, 11) is 0. The first-order valence-electron chi connectivity index (χ1n) is 8.82. The topological polar surface area (TPSA) is 134 Å². The predicted molar refractivity (Wildman–Crippen MR) is 100 cm³/mol. The van der Waals surface area contributed by atoms with E-state index in [9.17, 15) is 5.11 Å². The van der Waals surface area contributed by atoms with Crippen LogP contribution in [0.1, 0.15) is 18.9 Å². The van der Waals surface area contributed by atoms with E-state index in [4.69, 9.17) is 14.6 Å². The minimum atomic E-state index is -0.153. The van der Waals surface area contributed by atoms with Crippen molar-refractivity contribution >= 4 is 17.8 Å². The summed E-state index contributed by atoms with van der Waals surface area (Å²) < 4.78 is 10.7. The van der Waals surface area contributed by atoms with Gasteiger partial charge in [0, 0.05) is 13.1 Å². The Labute approximate surface area is 157 Å². The average molecular weight is 376 g/mol. The maximum absolute atomic E-state index is 9.38. The molecule has 1 aromatic heterocycles. The highest BCUT2D eigenvalue weighted by Crippen LogP contribution is 2.32. The van der Waals surface area contributed by atoms with E-state index in [1.807, 2.05) is 25.1 Å². The second kappa shape index (κ2) is 9.19. The minimum absolute atomic E-state index is 0.0262. The summed E-state index contributed by atoms with van der Waals surface area (Å²) in [5.41, 5.74) is 0.987. The number of fused-ring (bicyclic) bond motifs is 1. The molecule has 1 atom stereocenters. The molecule has 0 unspecified atom stereocenters. The number of ether oxygens (including phenoxy) is 2. The minimum Gasteiger partial charge on any atom is -0.454 e. The molecule has 0 fully saturated rings. The highest BCUT2D eigenvalue weighted by Gasteiger charge is 2.14. The van der Waals surface area contributed by atoms with Crippen molar-refractivity contribution in [1.82, 2.24) is 15.0 Å². The van der Waals surface area contributed by atoms with Crippen LogP contribution in [0.25, 0.3) is 0 Å². The predicted octanol–water partition coefficient (Wildman–Crippen LogP) is 0.799. The van der Waals surface area contributed by atoms with Crippen LogP contribution >= 0.6 is 0 Å². The molecule has 10 heteroatoms. The molecule has 2 aromatic rings. The molecule has 0 saturated heterocycles. The third-order valence-electron chi connectivity index (χ3n) is 3.96. The fourth-order valence-electron chi connectivity index (χ4n) is 2.46. The molecule has 146 valence electrons. The van der Waals surface area contributed by atoms with E-state index >= 15 is 0 Å². The van der Waals surface area contributed by atoms with Gasteiger partial charge in [-0.1, -0.05) is 13.0 Å². The van der Waals surface area contributed by atoms with Gasteiger partial charge in [-0.25, -0.2) is 0 Å². The normalized spacial score (nSPS) is 13.3. The Morgan fingerprint density at radius 2 is 1.78 bits per heavy atom. The number of anilines is 3. The summed E-state index contributed by atoms with van der Waals surface area (Å²) in [6.45, 7) is 2.93. The third-order valence-corrected chi connectivity index (χ3v) is 3.96. The van der Waals surface area contributed by atoms with E-state index < -0.39 is 0 Å². The Kier molecular flexibility index (Phi) is 6.44. The largest absolute Gasteiger partial charge is 0.454 e. The van der Waals surface area contributed by atoms with Crippen molar-refractivity contribution in [2.45, 2.75) is 25.9 Å². The van der Waals surface area contributed by atoms with Gasteiger partial charge in [0.15, 0.2) is 11.5 Å². The summed E-state index contributed by atoms with van der Waals surface area (Å²) in [6, 6.07) is 5.55. The second-order valence-corrected chi connectivity index (χ2v) is 5.93. The van der Waals surface area contributed by atoms with Crippen molar-refractivity contribution in [3.8, 4) is 11.5 Å². The fourth-order valence-corrected chi connectivity index (χ4v) is 2.46. The van der Waals surface area contributed by atoms with Gasteiger partial charge in [0.25, 0.3) is 0 Å². The lowest BCUT2D eigenvalue weighted by molar-refractivity contribution is 0.174. The van der Waals surface area contributed by atoms with Crippen LogP contribution in [0.15, 0.2) is 18.2 Å². The van der Waals surface area contributed by atoms with Crippen molar-refractivity contribution in [1.29, 1.82) is 0 Å². The smallest absolute Gasteiger partial charge is 0.231 e. The Hall–Kier alpha value is -2.85. The van der Waals surface area contributed by atoms with Crippen molar-refractivity contribution in [2.24, 2.45) is 0 Å². The van der Waals surface area contributed by atoms with Crippen molar-refractivity contribution < 1.29 is 19.7 Å². The lowest BCUT2D eigenvalue weighted by atomic mass is 10.2. The van der Waals surface area contributed by atoms with Gasteiger partial charge in [0.2, 0.25) is 24.6 Å². The molecule has 0 saturated carbocycles. The lowest BCUT2D eigenvalue weighted by Gasteiger charge is -2.15. The van der Waals surface area contributed by atoms with Gasteiger partial charge in [-0.05, 0) is 24.1 Å². The van der Waals surface area contributed by atoms with E-state index in [1.165, 1.54) is 0 Å². The van der Waals surface area contributed by atoms with Crippen molar-refractivity contribution in [2.75, 3.05) is 42.5 Å². The Balaban J connectivity index is 1.72. The van der Waals surface area contributed by atoms with E-state index in [-0.39, 0.29) is 26.0 Å². The zero-order valence-electron chi connectivity index (χ0n) is 15.1. The van der Waals surface area contributed by atoms with E-state index in [1.54, 1.807) is 0 Å². The van der Waals surface area contributed by atoms with Gasteiger partial charge in [-0.3, -0.25) is 0 Å². The highest BCUT2D eigenvalue weighted by atomic mass is 16.7. The van der Waals surface area contributed by atoms with E-state index in [0.717, 1.165) is 17.7 Å². The Bertz CT molecular complexity index is 756. The first-order valence-corrected chi connectivity index (χ1v) is 8.82. The van der Waals surface area contributed by atoms with E-state index in [0.29, 0.717) is 36.7 Å². The maximum Gasteiger partial charge on any atom is 0.231 e. The average Bonchev–Trinajstić information content (AvgIpc) is 3.16. The molecule has 3 rings (SSSR count). The third kappa shape index (κ3) is 5.08. The number of benzene rings is 1. The molecular weight excluding hydrogens is 352 g/mol.